The Kier molecular flexibility index (Phi) is 6.63. The maximum Gasteiger partial charge on any atom is 0.223 e. The van der Waals surface area contributed by atoms with E-state index in [9.17, 15) is 4.79 Å². The summed E-state index contributed by atoms with van der Waals surface area (Å²) in [6.07, 6.45) is 2.85. The van der Waals surface area contributed by atoms with E-state index in [2.05, 4.69) is 5.32 Å². The van der Waals surface area contributed by atoms with Crippen molar-refractivity contribution in [3.63, 3.8) is 0 Å². The van der Waals surface area contributed by atoms with Crippen molar-refractivity contribution >= 4 is 29.9 Å². The number of hydrogen-bond acceptors (Lipinski definition) is 2. The molecule has 0 bridgehead atoms. The molecule has 2 unspecified atom stereocenters. The van der Waals surface area contributed by atoms with E-state index in [-0.39, 0.29) is 24.2 Å². The van der Waals surface area contributed by atoms with E-state index in [1.54, 1.807) is 0 Å². The van der Waals surface area contributed by atoms with E-state index in [4.69, 9.17) is 17.3 Å². The Labute approximate surface area is 125 Å². The van der Waals surface area contributed by atoms with Crippen LogP contribution >= 0.6 is 24.0 Å². The average Bonchev–Trinajstić information content (AvgIpc) is 3.15. The molecular weight excluding hydrogens is 283 g/mol. The van der Waals surface area contributed by atoms with E-state index in [1.807, 2.05) is 24.3 Å². The minimum absolute atomic E-state index is 0. The summed E-state index contributed by atoms with van der Waals surface area (Å²) in [6, 6.07) is 7.79. The summed E-state index contributed by atoms with van der Waals surface area (Å²) in [4.78, 5) is 11.9. The summed E-state index contributed by atoms with van der Waals surface area (Å²) >= 11 is 5.95. The van der Waals surface area contributed by atoms with Crippen LogP contribution in [0.3, 0.4) is 0 Å². The number of rotatable bonds is 6. The fourth-order valence-electron chi connectivity index (χ4n) is 2.20. The van der Waals surface area contributed by atoms with Crippen molar-refractivity contribution in [2.75, 3.05) is 13.1 Å². The first kappa shape index (κ1) is 16.3. The fraction of sp³-hybridized carbons (Fsp3) is 0.500. The molecule has 5 heteroatoms. The Morgan fingerprint density at radius 1 is 1.42 bits per heavy atom. The molecule has 1 saturated carbocycles. The van der Waals surface area contributed by atoms with Crippen LogP contribution in [0.2, 0.25) is 5.02 Å². The molecule has 1 aliphatic rings. The summed E-state index contributed by atoms with van der Waals surface area (Å²) in [6.45, 7) is 1.42. The topological polar surface area (TPSA) is 55.1 Å². The molecule has 0 heterocycles. The van der Waals surface area contributed by atoms with E-state index in [0.717, 1.165) is 30.8 Å². The van der Waals surface area contributed by atoms with Crippen LogP contribution in [0.25, 0.3) is 0 Å². The molecule has 0 radical (unpaired) electrons. The fourth-order valence-corrected chi connectivity index (χ4v) is 2.40. The van der Waals surface area contributed by atoms with Gasteiger partial charge in [0.25, 0.3) is 0 Å². The highest BCUT2D eigenvalue weighted by Crippen LogP contribution is 2.47. The van der Waals surface area contributed by atoms with Gasteiger partial charge in [-0.25, -0.2) is 0 Å². The minimum Gasteiger partial charge on any atom is -0.356 e. The summed E-state index contributed by atoms with van der Waals surface area (Å²) in [5.74, 6) is 0.636. The smallest absolute Gasteiger partial charge is 0.223 e. The second kappa shape index (κ2) is 7.73. The summed E-state index contributed by atoms with van der Waals surface area (Å²) < 4.78 is 0. The zero-order valence-corrected chi connectivity index (χ0v) is 12.3. The predicted octanol–water partition coefficient (Wildman–Crippen LogP) is 2.72. The maximum atomic E-state index is 11.9. The quantitative estimate of drug-likeness (QED) is 0.794. The van der Waals surface area contributed by atoms with Crippen molar-refractivity contribution in [2.45, 2.75) is 25.2 Å². The SMILES string of the molecule is Cl.NCCCCNC(=O)C1CC1c1cccc(Cl)c1. The van der Waals surface area contributed by atoms with E-state index < -0.39 is 0 Å². The molecule has 19 heavy (non-hydrogen) atoms. The third-order valence-corrected chi connectivity index (χ3v) is 3.57. The molecular formula is C14H20Cl2N2O. The Hall–Kier alpha value is -0.770. The Morgan fingerprint density at radius 2 is 2.21 bits per heavy atom. The van der Waals surface area contributed by atoms with Crippen molar-refractivity contribution in [3.05, 3.63) is 34.9 Å². The Bertz CT molecular complexity index is 426. The van der Waals surface area contributed by atoms with Gasteiger partial charge >= 0.3 is 0 Å². The van der Waals surface area contributed by atoms with Gasteiger partial charge in [0, 0.05) is 17.5 Å². The van der Waals surface area contributed by atoms with Crippen LogP contribution in [-0.2, 0) is 4.79 Å². The van der Waals surface area contributed by atoms with Gasteiger partial charge in [-0.1, -0.05) is 23.7 Å². The lowest BCUT2D eigenvalue weighted by Crippen LogP contribution is -2.26. The van der Waals surface area contributed by atoms with Crippen LogP contribution in [0.4, 0.5) is 0 Å². The number of nitrogens with one attached hydrogen (secondary N) is 1. The Balaban J connectivity index is 0.00000180. The number of nitrogens with two attached hydrogens (primary N) is 1. The van der Waals surface area contributed by atoms with E-state index in [1.165, 1.54) is 5.56 Å². The number of unbranched alkanes of at least 4 members (excludes halogenated alkanes) is 1. The number of amides is 1. The summed E-state index contributed by atoms with van der Waals surface area (Å²) in [5.41, 5.74) is 6.58. The van der Waals surface area contributed by atoms with Crippen LogP contribution in [0.5, 0.6) is 0 Å². The molecule has 106 valence electrons. The zero-order valence-electron chi connectivity index (χ0n) is 10.8. The largest absolute Gasteiger partial charge is 0.356 e. The number of carbonyl (C=O) groups excluding carboxylic acids is 1. The number of benzene rings is 1. The number of carbonyl (C=O) groups is 1. The molecule has 0 saturated heterocycles. The first-order chi connectivity index (χ1) is 8.72. The molecule has 1 amide bonds. The van der Waals surface area contributed by atoms with Gasteiger partial charge in [0.1, 0.15) is 0 Å². The molecule has 0 aromatic heterocycles. The number of hydrogen-bond donors (Lipinski definition) is 2. The zero-order chi connectivity index (χ0) is 13.0. The molecule has 2 atom stereocenters. The second-order valence-corrected chi connectivity index (χ2v) is 5.23. The van der Waals surface area contributed by atoms with Crippen LogP contribution in [0.15, 0.2) is 24.3 Å². The monoisotopic (exact) mass is 302 g/mol. The highest BCUT2D eigenvalue weighted by Gasteiger charge is 2.43. The van der Waals surface area contributed by atoms with Gasteiger partial charge in [-0.2, -0.15) is 0 Å². The van der Waals surface area contributed by atoms with Gasteiger partial charge < -0.3 is 11.1 Å². The van der Waals surface area contributed by atoms with E-state index >= 15 is 0 Å². The first-order valence-electron chi connectivity index (χ1n) is 6.45. The highest BCUT2D eigenvalue weighted by molar-refractivity contribution is 6.30. The molecule has 1 fully saturated rings. The van der Waals surface area contributed by atoms with Crippen molar-refractivity contribution in [1.29, 1.82) is 0 Å². The second-order valence-electron chi connectivity index (χ2n) is 4.79. The third kappa shape index (κ3) is 4.68. The molecule has 1 aliphatic carbocycles. The maximum absolute atomic E-state index is 11.9. The van der Waals surface area contributed by atoms with Crippen molar-refractivity contribution in [2.24, 2.45) is 11.7 Å². The van der Waals surface area contributed by atoms with Gasteiger partial charge in [-0.05, 0) is 49.4 Å². The Morgan fingerprint density at radius 3 is 2.89 bits per heavy atom. The van der Waals surface area contributed by atoms with Gasteiger partial charge in [-0.3, -0.25) is 4.79 Å². The molecule has 1 aromatic rings. The van der Waals surface area contributed by atoms with Gasteiger partial charge in [-0.15, -0.1) is 12.4 Å². The standard InChI is InChI=1S/C14H19ClN2O.ClH/c15-11-5-3-4-10(8-11)12-9-13(12)14(18)17-7-2-1-6-16;/h3-5,8,12-13H,1-2,6-7,9,16H2,(H,17,18);1H. The lowest BCUT2D eigenvalue weighted by molar-refractivity contribution is -0.122. The predicted molar refractivity (Wildman–Crippen MR) is 80.8 cm³/mol. The molecule has 3 N–H and O–H groups in total. The van der Waals surface area contributed by atoms with Crippen molar-refractivity contribution in [3.8, 4) is 0 Å². The molecule has 3 nitrogen and oxygen atoms in total. The summed E-state index contributed by atoms with van der Waals surface area (Å²) in [7, 11) is 0. The molecule has 1 aromatic carbocycles. The molecule has 2 rings (SSSR count). The first-order valence-corrected chi connectivity index (χ1v) is 6.83. The number of halogens is 2. The lowest BCUT2D eigenvalue weighted by atomic mass is 10.1. The third-order valence-electron chi connectivity index (χ3n) is 3.33. The molecule has 0 aliphatic heterocycles. The van der Waals surface area contributed by atoms with Crippen LogP contribution in [0.1, 0.15) is 30.7 Å². The normalized spacial score (nSPS) is 20.5. The summed E-state index contributed by atoms with van der Waals surface area (Å²) in [5, 5.41) is 3.70. The van der Waals surface area contributed by atoms with Gasteiger partial charge in [0.15, 0.2) is 0 Å². The van der Waals surface area contributed by atoms with Crippen LogP contribution in [-0.4, -0.2) is 19.0 Å². The van der Waals surface area contributed by atoms with Crippen LogP contribution in [0, 0.1) is 5.92 Å². The van der Waals surface area contributed by atoms with Gasteiger partial charge in [0.2, 0.25) is 5.91 Å². The highest BCUT2D eigenvalue weighted by atomic mass is 35.5. The average molecular weight is 303 g/mol. The van der Waals surface area contributed by atoms with Crippen LogP contribution < -0.4 is 11.1 Å². The van der Waals surface area contributed by atoms with Crippen molar-refractivity contribution in [1.82, 2.24) is 5.32 Å². The van der Waals surface area contributed by atoms with Gasteiger partial charge in [0.05, 0.1) is 0 Å². The molecule has 0 spiro atoms. The van der Waals surface area contributed by atoms with Crippen molar-refractivity contribution < 1.29 is 4.79 Å². The van der Waals surface area contributed by atoms with E-state index in [0.29, 0.717) is 12.5 Å². The minimum atomic E-state index is 0. The lowest BCUT2D eigenvalue weighted by Gasteiger charge is -2.04.